The van der Waals surface area contributed by atoms with Crippen LogP contribution in [0.4, 0.5) is 0 Å². The summed E-state index contributed by atoms with van der Waals surface area (Å²) >= 11 is 1.73. The third-order valence-corrected chi connectivity index (χ3v) is 5.33. The zero-order chi connectivity index (χ0) is 18.5. The summed E-state index contributed by atoms with van der Waals surface area (Å²) in [6.45, 7) is 0. The zero-order valence-corrected chi connectivity index (χ0v) is 15.6. The lowest BCUT2D eigenvalue weighted by Crippen LogP contribution is -2.06. The van der Waals surface area contributed by atoms with E-state index in [1.54, 1.807) is 11.3 Å². The molecule has 0 atom stereocenters. The highest BCUT2D eigenvalue weighted by Crippen LogP contribution is 2.21. The molecule has 1 aliphatic rings. The van der Waals surface area contributed by atoms with Crippen molar-refractivity contribution in [2.75, 3.05) is 0 Å². The number of benzene rings is 2. The van der Waals surface area contributed by atoms with E-state index in [1.165, 1.54) is 16.0 Å². The van der Waals surface area contributed by atoms with E-state index in [-0.39, 0.29) is 5.97 Å². The number of hydrogen-bond acceptors (Lipinski definition) is 4. The highest BCUT2D eigenvalue weighted by atomic mass is 32.1. The third kappa shape index (κ3) is 4.41. The zero-order valence-electron chi connectivity index (χ0n) is 14.8. The van der Waals surface area contributed by atoms with Gasteiger partial charge in [-0.1, -0.05) is 66.7 Å². The number of rotatable bonds is 6. The Labute approximate surface area is 162 Å². The SMILES string of the molecule is O=C1OC(Cc2ccc(-c3ccccc3)cc2)=N/C1=C/CCc1cccs1. The Balaban J connectivity index is 1.39. The number of allylic oxidation sites excluding steroid dienone is 1. The van der Waals surface area contributed by atoms with Crippen LogP contribution in [-0.4, -0.2) is 11.9 Å². The van der Waals surface area contributed by atoms with E-state index < -0.39 is 0 Å². The molecular formula is C23H19NO2S. The van der Waals surface area contributed by atoms with E-state index in [2.05, 4.69) is 52.8 Å². The molecule has 0 amide bonds. The number of nitrogens with zero attached hydrogens (tertiary/aromatic N) is 1. The van der Waals surface area contributed by atoms with Crippen molar-refractivity contribution in [2.24, 2.45) is 4.99 Å². The number of carbonyl (C=O) groups is 1. The fourth-order valence-corrected chi connectivity index (χ4v) is 3.72. The lowest BCUT2D eigenvalue weighted by molar-refractivity contribution is -0.130. The molecule has 1 aliphatic heterocycles. The van der Waals surface area contributed by atoms with E-state index in [0.717, 1.165) is 18.4 Å². The molecule has 2 aromatic carbocycles. The van der Waals surface area contributed by atoms with Crippen molar-refractivity contribution in [1.29, 1.82) is 0 Å². The quantitative estimate of drug-likeness (QED) is 0.427. The minimum Gasteiger partial charge on any atom is -0.406 e. The molecular weight excluding hydrogens is 354 g/mol. The Morgan fingerprint density at radius 1 is 0.926 bits per heavy atom. The van der Waals surface area contributed by atoms with Crippen molar-refractivity contribution in [2.45, 2.75) is 19.3 Å². The molecule has 0 aliphatic carbocycles. The van der Waals surface area contributed by atoms with Crippen LogP contribution in [-0.2, 0) is 22.4 Å². The largest absolute Gasteiger partial charge is 0.406 e. The summed E-state index contributed by atoms with van der Waals surface area (Å²) in [5, 5.41) is 2.06. The van der Waals surface area contributed by atoms with E-state index in [9.17, 15) is 4.79 Å². The number of carbonyl (C=O) groups excluding carboxylic acids is 1. The molecule has 1 aromatic heterocycles. The van der Waals surface area contributed by atoms with Gasteiger partial charge in [-0.05, 0) is 41.0 Å². The monoisotopic (exact) mass is 373 g/mol. The van der Waals surface area contributed by atoms with Crippen LogP contribution in [0.5, 0.6) is 0 Å². The lowest BCUT2D eigenvalue weighted by Gasteiger charge is -2.04. The maximum absolute atomic E-state index is 12.0. The molecule has 0 saturated carbocycles. The number of esters is 1. The standard InChI is InChI=1S/C23H19NO2S/c25-23-21(10-4-8-20-9-5-15-27-20)24-22(26-23)16-17-11-13-19(14-12-17)18-6-2-1-3-7-18/h1-3,5-7,9-15H,4,8,16H2/b21-10+. The Bertz CT molecular complexity index is 971. The number of cyclic esters (lactones) is 1. The van der Waals surface area contributed by atoms with Crippen molar-refractivity contribution in [3.8, 4) is 11.1 Å². The van der Waals surface area contributed by atoms with Gasteiger partial charge in [-0.3, -0.25) is 0 Å². The highest BCUT2D eigenvalue weighted by Gasteiger charge is 2.22. The maximum Gasteiger partial charge on any atom is 0.363 e. The average molecular weight is 373 g/mol. The molecule has 0 N–H and O–H groups in total. The predicted octanol–water partition coefficient (Wildman–Crippen LogP) is 5.43. The van der Waals surface area contributed by atoms with Crippen LogP contribution in [0.15, 0.2) is 88.9 Å². The van der Waals surface area contributed by atoms with Crippen LogP contribution in [0.1, 0.15) is 16.9 Å². The van der Waals surface area contributed by atoms with Crippen molar-refractivity contribution in [3.05, 3.63) is 94.3 Å². The summed E-state index contributed by atoms with van der Waals surface area (Å²) in [5.74, 6) is 0.118. The van der Waals surface area contributed by atoms with Gasteiger partial charge in [0.05, 0.1) is 0 Å². The van der Waals surface area contributed by atoms with Crippen molar-refractivity contribution >= 4 is 23.2 Å². The van der Waals surface area contributed by atoms with Gasteiger partial charge in [0.2, 0.25) is 5.90 Å². The first-order chi connectivity index (χ1) is 13.3. The van der Waals surface area contributed by atoms with E-state index in [0.29, 0.717) is 18.0 Å². The molecule has 0 spiro atoms. The van der Waals surface area contributed by atoms with Gasteiger partial charge >= 0.3 is 5.97 Å². The van der Waals surface area contributed by atoms with Crippen LogP contribution in [0.3, 0.4) is 0 Å². The average Bonchev–Trinajstić information content (AvgIpc) is 3.33. The fourth-order valence-electron chi connectivity index (χ4n) is 2.99. The Hall–Kier alpha value is -2.98. The molecule has 27 heavy (non-hydrogen) atoms. The van der Waals surface area contributed by atoms with Gasteiger partial charge in [0.25, 0.3) is 0 Å². The Morgan fingerprint density at radius 3 is 2.44 bits per heavy atom. The predicted molar refractivity (Wildman–Crippen MR) is 110 cm³/mol. The number of aryl methyl sites for hydroxylation is 1. The molecule has 134 valence electrons. The second kappa shape index (κ2) is 8.14. The van der Waals surface area contributed by atoms with Crippen molar-refractivity contribution in [1.82, 2.24) is 0 Å². The van der Waals surface area contributed by atoms with Gasteiger partial charge in [-0.2, -0.15) is 0 Å². The first-order valence-electron chi connectivity index (χ1n) is 8.94. The molecule has 0 unspecified atom stereocenters. The third-order valence-electron chi connectivity index (χ3n) is 4.39. The molecule has 4 rings (SSSR count). The summed E-state index contributed by atoms with van der Waals surface area (Å²) in [4.78, 5) is 17.7. The molecule has 4 heteroatoms. The van der Waals surface area contributed by atoms with Crippen LogP contribution < -0.4 is 0 Å². The molecule has 3 aromatic rings. The summed E-state index contributed by atoms with van der Waals surface area (Å²) in [6.07, 6.45) is 4.09. The van der Waals surface area contributed by atoms with Crippen molar-refractivity contribution < 1.29 is 9.53 Å². The maximum atomic E-state index is 12.0. The van der Waals surface area contributed by atoms with Crippen LogP contribution in [0.25, 0.3) is 11.1 Å². The smallest absolute Gasteiger partial charge is 0.363 e. The minimum atomic E-state index is -0.350. The van der Waals surface area contributed by atoms with Crippen LogP contribution in [0, 0.1) is 0 Å². The van der Waals surface area contributed by atoms with Crippen LogP contribution in [0.2, 0.25) is 0 Å². The van der Waals surface area contributed by atoms with Gasteiger partial charge in [-0.25, -0.2) is 9.79 Å². The van der Waals surface area contributed by atoms with Gasteiger partial charge in [0, 0.05) is 11.3 Å². The number of ether oxygens (including phenoxy) is 1. The normalized spacial score (nSPS) is 15.0. The van der Waals surface area contributed by atoms with Gasteiger partial charge in [-0.15, -0.1) is 11.3 Å². The molecule has 0 bridgehead atoms. The molecule has 0 saturated heterocycles. The topological polar surface area (TPSA) is 38.7 Å². The Kier molecular flexibility index (Phi) is 5.26. The van der Waals surface area contributed by atoms with Gasteiger partial charge in [0.1, 0.15) is 5.70 Å². The second-order valence-electron chi connectivity index (χ2n) is 6.34. The second-order valence-corrected chi connectivity index (χ2v) is 7.37. The molecule has 3 nitrogen and oxygen atoms in total. The lowest BCUT2D eigenvalue weighted by atomic mass is 10.0. The summed E-state index contributed by atoms with van der Waals surface area (Å²) in [5.41, 5.74) is 3.84. The first-order valence-corrected chi connectivity index (χ1v) is 9.82. The summed E-state index contributed by atoms with van der Waals surface area (Å²) < 4.78 is 5.33. The fraction of sp³-hybridized carbons (Fsp3) is 0.130. The van der Waals surface area contributed by atoms with Gasteiger partial charge < -0.3 is 4.74 Å². The minimum absolute atomic E-state index is 0.350. The number of hydrogen-bond donors (Lipinski definition) is 0. The number of aliphatic imine (C=N–C) groups is 1. The molecule has 0 radical (unpaired) electrons. The van der Waals surface area contributed by atoms with E-state index in [1.807, 2.05) is 30.3 Å². The first kappa shape index (κ1) is 17.4. The number of thiophene rings is 1. The highest BCUT2D eigenvalue weighted by molar-refractivity contribution is 7.09. The van der Waals surface area contributed by atoms with Crippen LogP contribution >= 0.6 is 11.3 Å². The van der Waals surface area contributed by atoms with Crippen molar-refractivity contribution in [3.63, 3.8) is 0 Å². The van der Waals surface area contributed by atoms with Gasteiger partial charge in [0.15, 0.2) is 0 Å². The summed E-state index contributed by atoms with van der Waals surface area (Å²) in [6, 6.07) is 22.7. The Morgan fingerprint density at radius 2 is 1.70 bits per heavy atom. The summed E-state index contributed by atoms with van der Waals surface area (Å²) in [7, 11) is 0. The van der Waals surface area contributed by atoms with E-state index in [4.69, 9.17) is 4.74 Å². The molecule has 0 fully saturated rings. The van der Waals surface area contributed by atoms with E-state index >= 15 is 0 Å². The molecule has 2 heterocycles.